The van der Waals surface area contributed by atoms with Gasteiger partial charge in [-0.1, -0.05) is 6.92 Å². The zero-order valence-electron chi connectivity index (χ0n) is 9.03. The van der Waals surface area contributed by atoms with Gasteiger partial charge < -0.3 is 15.4 Å². The van der Waals surface area contributed by atoms with Gasteiger partial charge in [-0.05, 0) is 19.4 Å². The van der Waals surface area contributed by atoms with Crippen LogP contribution in [-0.2, 0) is 9.53 Å². The number of methoxy groups -OCH3 is 1. The van der Waals surface area contributed by atoms with Crippen molar-refractivity contribution in [1.82, 2.24) is 4.90 Å². The fourth-order valence-electron chi connectivity index (χ4n) is 1.92. The number of ether oxygens (including phenoxy) is 1. The molecule has 2 atom stereocenters. The van der Waals surface area contributed by atoms with Crippen molar-refractivity contribution >= 4 is 5.97 Å². The van der Waals surface area contributed by atoms with Crippen LogP contribution in [0.4, 0.5) is 0 Å². The summed E-state index contributed by atoms with van der Waals surface area (Å²) in [5, 5.41) is 0. The normalized spacial score (nSPS) is 25.8. The molecule has 4 heteroatoms. The summed E-state index contributed by atoms with van der Waals surface area (Å²) in [6.07, 6.45) is 2.23. The lowest BCUT2D eigenvalue weighted by Gasteiger charge is -2.31. The van der Waals surface area contributed by atoms with E-state index in [1.807, 2.05) is 6.92 Å². The van der Waals surface area contributed by atoms with E-state index in [0.29, 0.717) is 0 Å². The molecule has 1 aliphatic heterocycles. The first-order valence-electron chi connectivity index (χ1n) is 5.19. The minimum atomic E-state index is -0.135. The van der Waals surface area contributed by atoms with E-state index in [-0.39, 0.29) is 17.9 Å². The number of hydrogen-bond donors (Lipinski definition) is 1. The molecule has 4 nitrogen and oxygen atoms in total. The predicted molar refractivity (Wildman–Crippen MR) is 54.8 cm³/mol. The summed E-state index contributed by atoms with van der Waals surface area (Å²) in [5.41, 5.74) is 5.85. The molecule has 0 bridgehead atoms. The second-order valence-corrected chi connectivity index (χ2v) is 4.09. The third-order valence-corrected chi connectivity index (χ3v) is 2.68. The van der Waals surface area contributed by atoms with Gasteiger partial charge in [-0.15, -0.1) is 0 Å². The molecule has 2 unspecified atom stereocenters. The van der Waals surface area contributed by atoms with Crippen LogP contribution in [0.25, 0.3) is 0 Å². The zero-order chi connectivity index (χ0) is 10.6. The molecule has 1 fully saturated rings. The molecule has 1 rings (SSSR count). The monoisotopic (exact) mass is 200 g/mol. The van der Waals surface area contributed by atoms with Crippen LogP contribution in [0.1, 0.15) is 19.8 Å². The van der Waals surface area contributed by atoms with Crippen LogP contribution in [0.15, 0.2) is 0 Å². The first-order chi connectivity index (χ1) is 6.63. The smallest absolute Gasteiger partial charge is 0.309 e. The van der Waals surface area contributed by atoms with Crippen LogP contribution < -0.4 is 5.73 Å². The Morgan fingerprint density at radius 2 is 2.43 bits per heavy atom. The van der Waals surface area contributed by atoms with E-state index in [1.54, 1.807) is 0 Å². The quantitative estimate of drug-likeness (QED) is 0.662. The molecule has 1 aliphatic rings. The number of nitrogens with two attached hydrogens (primary N) is 1. The van der Waals surface area contributed by atoms with Gasteiger partial charge in [-0.25, -0.2) is 0 Å². The predicted octanol–water partition coefficient (Wildman–Crippen LogP) is 0.219. The SMILES string of the molecule is COC(=O)C(C)CN1CCCC(N)C1. The summed E-state index contributed by atoms with van der Waals surface area (Å²) in [7, 11) is 1.43. The van der Waals surface area contributed by atoms with Crippen molar-refractivity contribution in [2.75, 3.05) is 26.7 Å². The Balaban J connectivity index is 2.32. The van der Waals surface area contributed by atoms with Crippen LogP contribution in [0.3, 0.4) is 0 Å². The van der Waals surface area contributed by atoms with E-state index in [2.05, 4.69) is 9.64 Å². The zero-order valence-corrected chi connectivity index (χ0v) is 9.03. The van der Waals surface area contributed by atoms with Gasteiger partial charge in [0.15, 0.2) is 0 Å². The van der Waals surface area contributed by atoms with Crippen LogP contribution in [0.2, 0.25) is 0 Å². The fourth-order valence-corrected chi connectivity index (χ4v) is 1.92. The second-order valence-electron chi connectivity index (χ2n) is 4.09. The lowest BCUT2D eigenvalue weighted by atomic mass is 10.0. The van der Waals surface area contributed by atoms with E-state index < -0.39 is 0 Å². The van der Waals surface area contributed by atoms with Crippen LogP contribution in [0.5, 0.6) is 0 Å². The summed E-state index contributed by atoms with van der Waals surface area (Å²) in [5.74, 6) is -0.186. The molecule has 0 amide bonds. The Bertz CT molecular complexity index is 197. The van der Waals surface area contributed by atoms with Crippen molar-refractivity contribution in [1.29, 1.82) is 0 Å². The van der Waals surface area contributed by atoms with E-state index in [0.717, 1.165) is 32.5 Å². The van der Waals surface area contributed by atoms with Crippen molar-refractivity contribution in [3.63, 3.8) is 0 Å². The largest absolute Gasteiger partial charge is 0.469 e. The summed E-state index contributed by atoms with van der Waals surface area (Å²) in [6, 6.07) is 0.272. The molecule has 82 valence electrons. The minimum absolute atomic E-state index is 0.0506. The van der Waals surface area contributed by atoms with Crippen LogP contribution in [0, 0.1) is 5.92 Å². The Morgan fingerprint density at radius 3 is 3.00 bits per heavy atom. The lowest BCUT2D eigenvalue weighted by molar-refractivity contribution is -0.145. The van der Waals surface area contributed by atoms with E-state index >= 15 is 0 Å². The number of carbonyl (C=O) groups excluding carboxylic acids is 1. The van der Waals surface area contributed by atoms with Gasteiger partial charge >= 0.3 is 5.97 Å². The Morgan fingerprint density at radius 1 is 1.71 bits per heavy atom. The van der Waals surface area contributed by atoms with E-state index in [9.17, 15) is 4.79 Å². The second kappa shape index (κ2) is 5.32. The fraction of sp³-hybridized carbons (Fsp3) is 0.900. The standard InChI is InChI=1S/C10H20N2O2/c1-8(10(13)14-2)6-12-5-3-4-9(11)7-12/h8-9H,3-7,11H2,1-2H3. The van der Waals surface area contributed by atoms with Gasteiger partial charge in [-0.2, -0.15) is 0 Å². The molecule has 1 saturated heterocycles. The molecule has 14 heavy (non-hydrogen) atoms. The molecule has 0 spiro atoms. The highest BCUT2D eigenvalue weighted by molar-refractivity contribution is 5.72. The number of likely N-dealkylation sites (tertiary alicyclic amines) is 1. The van der Waals surface area contributed by atoms with E-state index in [1.165, 1.54) is 7.11 Å². The Hall–Kier alpha value is -0.610. The van der Waals surface area contributed by atoms with E-state index in [4.69, 9.17) is 5.73 Å². The Kier molecular flexibility index (Phi) is 4.35. The van der Waals surface area contributed by atoms with Gasteiger partial charge in [0.25, 0.3) is 0 Å². The first kappa shape index (κ1) is 11.5. The number of hydrogen-bond acceptors (Lipinski definition) is 4. The van der Waals surface area contributed by atoms with Crippen LogP contribution >= 0.6 is 0 Å². The highest BCUT2D eigenvalue weighted by Crippen LogP contribution is 2.11. The number of carbonyl (C=O) groups is 1. The average molecular weight is 200 g/mol. The van der Waals surface area contributed by atoms with Crippen LogP contribution in [-0.4, -0.2) is 43.7 Å². The molecule has 0 aromatic rings. The minimum Gasteiger partial charge on any atom is -0.469 e. The number of esters is 1. The number of nitrogens with zero attached hydrogens (tertiary/aromatic N) is 1. The number of rotatable bonds is 3. The highest BCUT2D eigenvalue weighted by Gasteiger charge is 2.21. The summed E-state index contributed by atoms with van der Waals surface area (Å²) >= 11 is 0. The average Bonchev–Trinajstić information content (AvgIpc) is 2.16. The maximum atomic E-state index is 11.2. The molecule has 0 aromatic carbocycles. The van der Waals surface area contributed by atoms with Crippen molar-refractivity contribution in [3.8, 4) is 0 Å². The first-order valence-corrected chi connectivity index (χ1v) is 5.19. The molecule has 0 aromatic heterocycles. The lowest BCUT2D eigenvalue weighted by Crippen LogP contribution is -2.45. The highest BCUT2D eigenvalue weighted by atomic mass is 16.5. The van der Waals surface area contributed by atoms with Crippen molar-refractivity contribution in [2.45, 2.75) is 25.8 Å². The van der Waals surface area contributed by atoms with Gasteiger partial charge in [0.2, 0.25) is 0 Å². The Labute approximate surface area is 85.4 Å². The molecule has 0 aliphatic carbocycles. The molecule has 2 N–H and O–H groups in total. The number of piperidine rings is 1. The van der Waals surface area contributed by atoms with Gasteiger partial charge in [-0.3, -0.25) is 4.79 Å². The summed E-state index contributed by atoms with van der Waals surface area (Å²) < 4.78 is 4.68. The summed E-state index contributed by atoms with van der Waals surface area (Å²) in [4.78, 5) is 13.4. The topological polar surface area (TPSA) is 55.6 Å². The maximum Gasteiger partial charge on any atom is 0.309 e. The third-order valence-electron chi connectivity index (χ3n) is 2.68. The molecular formula is C10H20N2O2. The third kappa shape index (κ3) is 3.27. The molecule has 0 radical (unpaired) electrons. The van der Waals surface area contributed by atoms with Crippen molar-refractivity contribution in [3.05, 3.63) is 0 Å². The van der Waals surface area contributed by atoms with Gasteiger partial charge in [0.1, 0.15) is 0 Å². The van der Waals surface area contributed by atoms with Crippen molar-refractivity contribution < 1.29 is 9.53 Å². The van der Waals surface area contributed by atoms with Gasteiger partial charge in [0, 0.05) is 19.1 Å². The van der Waals surface area contributed by atoms with Gasteiger partial charge in [0.05, 0.1) is 13.0 Å². The molecule has 1 heterocycles. The molecule has 0 saturated carbocycles. The summed E-state index contributed by atoms with van der Waals surface area (Å²) in [6.45, 7) is 4.61. The maximum absolute atomic E-state index is 11.2. The van der Waals surface area contributed by atoms with Crippen molar-refractivity contribution in [2.24, 2.45) is 11.7 Å². The molecular weight excluding hydrogens is 180 g/mol.